The fraction of sp³-hybridized carbons (Fsp3) is 0.462. The van der Waals surface area contributed by atoms with Crippen LogP contribution in [0.25, 0.3) is 0 Å². The molecule has 0 unspecified atom stereocenters. The zero-order valence-electron chi connectivity index (χ0n) is 9.65. The van der Waals surface area contributed by atoms with E-state index in [4.69, 9.17) is 4.89 Å². The van der Waals surface area contributed by atoms with Gasteiger partial charge in [-0.2, -0.15) is 4.89 Å². The van der Waals surface area contributed by atoms with Gasteiger partial charge in [-0.25, -0.2) is 4.79 Å². The van der Waals surface area contributed by atoms with Crippen LogP contribution in [0.1, 0.15) is 38.2 Å². The normalized spacial score (nSPS) is 10.1. The Balaban J connectivity index is 2.09. The van der Waals surface area contributed by atoms with Gasteiger partial charge in [0.1, 0.15) is 6.61 Å². The molecule has 0 amide bonds. The molecule has 0 heterocycles. The van der Waals surface area contributed by atoms with Crippen molar-refractivity contribution in [3.8, 4) is 0 Å². The lowest BCUT2D eigenvalue weighted by Crippen LogP contribution is -2.05. The molecule has 0 saturated carbocycles. The molecule has 0 aliphatic heterocycles. The van der Waals surface area contributed by atoms with E-state index in [-0.39, 0.29) is 5.97 Å². The first-order chi connectivity index (χ1) is 7.83. The molecule has 0 aliphatic carbocycles. The molecule has 3 heteroatoms. The van der Waals surface area contributed by atoms with E-state index in [1.165, 1.54) is 0 Å². The Morgan fingerprint density at radius 1 is 1.19 bits per heavy atom. The molecule has 1 rings (SSSR count). The molecular formula is C13H18O3. The van der Waals surface area contributed by atoms with Crippen molar-refractivity contribution in [3.05, 3.63) is 35.9 Å². The minimum absolute atomic E-state index is 0.288. The molecule has 0 bridgehead atoms. The van der Waals surface area contributed by atoms with Gasteiger partial charge in [-0.15, -0.1) is 0 Å². The third-order valence-corrected chi connectivity index (χ3v) is 2.20. The van der Waals surface area contributed by atoms with Gasteiger partial charge >= 0.3 is 5.97 Å². The summed E-state index contributed by atoms with van der Waals surface area (Å²) in [6.07, 6.45) is 3.44. The fourth-order valence-corrected chi connectivity index (χ4v) is 1.30. The Morgan fingerprint density at radius 3 is 2.62 bits per heavy atom. The number of carbonyl (C=O) groups excluding carboxylic acids is 1. The van der Waals surface area contributed by atoms with Crippen molar-refractivity contribution in [3.63, 3.8) is 0 Å². The van der Waals surface area contributed by atoms with Crippen molar-refractivity contribution in [1.29, 1.82) is 0 Å². The Hall–Kier alpha value is -1.35. The number of unbranched alkanes of at least 4 members (excludes halogenated alkanes) is 2. The lowest BCUT2D eigenvalue weighted by atomic mass is 10.2. The molecule has 0 saturated heterocycles. The Morgan fingerprint density at radius 2 is 1.94 bits per heavy atom. The van der Waals surface area contributed by atoms with E-state index in [2.05, 4.69) is 11.8 Å². The van der Waals surface area contributed by atoms with E-state index in [0.29, 0.717) is 13.0 Å². The van der Waals surface area contributed by atoms with Gasteiger partial charge < -0.3 is 0 Å². The fourth-order valence-electron chi connectivity index (χ4n) is 1.30. The smallest absolute Gasteiger partial charge is 0.298 e. The molecular weight excluding hydrogens is 204 g/mol. The maximum atomic E-state index is 11.2. The van der Waals surface area contributed by atoms with E-state index >= 15 is 0 Å². The highest BCUT2D eigenvalue weighted by molar-refractivity contribution is 5.68. The van der Waals surface area contributed by atoms with Gasteiger partial charge in [0, 0.05) is 6.42 Å². The summed E-state index contributed by atoms with van der Waals surface area (Å²) in [5.74, 6) is -0.288. The second-order valence-electron chi connectivity index (χ2n) is 3.66. The maximum Gasteiger partial charge on any atom is 0.342 e. The highest BCUT2D eigenvalue weighted by atomic mass is 17.2. The van der Waals surface area contributed by atoms with E-state index in [0.717, 1.165) is 24.8 Å². The summed E-state index contributed by atoms with van der Waals surface area (Å²) < 4.78 is 0. The summed E-state index contributed by atoms with van der Waals surface area (Å²) in [5, 5.41) is 0. The van der Waals surface area contributed by atoms with Crippen molar-refractivity contribution < 1.29 is 14.6 Å². The third-order valence-electron chi connectivity index (χ3n) is 2.20. The summed E-state index contributed by atoms with van der Waals surface area (Å²) >= 11 is 0. The zero-order chi connectivity index (χ0) is 11.6. The number of hydrogen-bond donors (Lipinski definition) is 0. The summed E-state index contributed by atoms with van der Waals surface area (Å²) in [6, 6.07) is 9.61. The molecule has 0 N–H and O–H groups in total. The van der Waals surface area contributed by atoms with Crippen molar-refractivity contribution in [2.24, 2.45) is 0 Å². The van der Waals surface area contributed by atoms with Crippen LogP contribution in [0, 0.1) is 0 Å². The van der Waals surface area contributed by atoms with Gasteiger partial charge in [0.15, 0.2) is 0 Å². The predicted octanol–water partition coefficient (Wildman–Crippen LogP) is 3.24. The summed E-state index contributed by atoms with van der Waals surface area (Å²) in [4.78, 5) is 20.7. The molecule has 1 aromatic carbocycles. The van der Waals surface area contributed by atoms with Crippen LogP contribution < -0.4 is 0 Å². The van der Waals surface area contributed by atoms with Gasteiger partial charge in [0.2, 0.25) is 0 Å². The van der Waals surface area contributed by atoms with Crippen molar-refractivity contribution in [1.82, 2.24) is 0 Å². The summed E-state index contributed by atoms with van der Waals surface area (Å²) in [6.45, 7) is 2.40. The number of benzene rings is 1. The highest BCUT2D eigenvalue weighted by Gasteiger charge is 2.03. The predicted molar refractivity (Wildman–Crippen MR) is 61.5 cm³/mol. The molecule has 0 atom stereocenters. The topological polar surface area (TPSA) is 35.5 Å². The van der Waals surface area contributed by atoms with Gasteiger partial charge in [0.25, 0.3) is 0 Å². The second-order valence-corrected chi connectivity index (χ2v) is 3.66. The van der Waals surface area contributed by atoms with E-state index in [1.54, 1.807) is 0 Å². The first-order valence-corrected chi connectivity index (χ1v) is 5.69. The van der Waals surface area contributed by atoms with Crippen molar-refractivity contribution in [2.75, 3.05) is 0 Å². The Bertz CT molecular complexity index is 295. The lowest BCUT2D eigenvalue weighted by molar-refractivity contribution is -0.280. The average Bonchev–Trinajstić information content (AvgIpc) is 2.31. The standard InChI is InChI=1S/C13H18O3/c1-2-3-5-10-13(14)16-15-11-12-8-6-4-7-9-12/h4,6-9H,2-3,5,10-11H2,1H3. The molecule has 0 radical (unpaired) electrons. The van der Waals surface area contributed by atoms with Crippen molar-refractivity contribution in [2.45, 2.75) is 39.2 Å². The van der Waals surface area contributed by atoms with Crippen LogP contribution in [-0.4, -0.2) is 5.97 Å². The van der Waals surface area contributed by atoms with Crippen LogP contribution in [-0.2, 0) is 21.2 Å². The van der Waals surface area contributed by atoms with Gasteiger partial charge in [-0.05, 0) is 12.0 Å². The summed E-state index contributed by atoms with van der Waals surface area (Å²) in [7, 11) is 0. The van der Waals surface area contributed by atoms with Gasteiger partial charge in [-0.3, -0.25) is 4.89 Å². The molecule has 88 valence electrons. The zero-order valence-corrected chi connectivity index (χ0v) is 9.65. The SMILES string of the molecule is CCCCCC(=O)OOCc1ccccc1. The van der Waals surface area contributed by atoms with Gasteiger partial charge in [-0.1, -0.05) is 50.1 Å². The largest absolute Gasteiger partial charge is 0.342 e. The molecule has 0 aliphatic rings. The first-order valence-electron chi connectivity index (χ1n) is 5.69. The van der Waals surface area contributed by atoms with Crippen LogP contribution in [0.15, 0.2) is 30.3 Å². The van der Waals surface area contributed by atoms with Crippen LogP contribution in [0.2, 0.25) is 0 Å². The molecule has 1 aromatic rings. The lowest BCUT2D eigenvalue weighted by Gasteiger charge is -2.03. The van der Waals surface area contributed by atoms with E-state index in [1.807, 2.05) is 30.3 Å². The van der Waals surface area contributed by atoms with Crippen LogP contribution in [0.4, 0.5) is 0 Å². The number of hydrogen-bond acceptors (Lipinski definition) is 3. The maximum absolute atomic E-state index is 11.2. The van der Waals surface area contributed by atoms with Crippen LogP contribution in [0.3, 0.4) is 0 Å². The van der Waals surface area contributed by atoms with Crippen LogP contribution in [0.5, 0.6) is 0 Å². The number of carbonyl (C=O) groups is 1. The van der Waals surface area contributed by atoms with Gasteiger partial charge in [0.05, 0.1) is 0 Å². The Labute approximate surface area is 96.3 Å². The Kier molecular flexibility index (Phi) is 6.26. The molecule has 0 spiro atoms. The van der Waals surface area contributed by atoms with Crippen LogP contribution >= 0.6 is 0 Å². The minimum atomic E-state index is -0.288. The molecule has 0 fully saturated rings. The van der Waals surface area contributed by atoms with Crippen molar-refractivity contribution >= 4 is 5.97 Å². The van der Waals surface area contributed by atoms with E-state index in [9.17, 15) is 4.79 Å². The highest BCUT2D eigenvalue weighted by Crippen LogP contribution is 2.03. The quantitative estimate of drug-likeness (QED) is 0.403. The molecule has 16 heavy (non-hydrogen) atoms. The summed E-state index contributed by atoms with van der Waals surface area (Å²) in [5.41, 5.74) is 0.990. The minimum Gasteiger partial charge on any atom is -0.298 e. The van der Waals surface area contributed by atoms with E-state index < -0.39 is 0 Å². The average molecular weight is 222 g/mol. The first kappa shape index (κ1) is 12.7. The third kappa shape index (κ3) is 5.51. The molecule has 0 aromatic heterocycles. The second kappa shape index (κ2) is 7.88. The molecule has 3 nitrogen and oxygen atoms in total. The number of rotatable bonds is 7. The monoisotopic (exact) mass is 222 g/mol.